The highest BCUT2D eigenvalue weighted by molar-refractivity contribution is 5.94. The first kappa shape index (κ1) is 18.2. The zero-order valence-corrected chi connectivity index (χ0v) is 14.9. The summed E-state index contributed by atoms with van der Waals surface area (Å²) in [5.41, 5.74) is 1.55. The molecule has 0 aromatic heterocycles. The second-order valence-electron chi connectivity index (χ2n) is 6.22. The van der Waals surface area contributed by atoms with Crippen molar-refractivity contribution >= 4 is 5.91 Å². The summed E-state index contributed by atoms with van der Waals surface area (Å²) < 4.78 is 29.9. The lowest BCUT2D eigenvalue weighted by atomic mass is 10.1. The first-order valence-electron chi connectivity index (χ1n) is 8.50. The summed E-state index contributed by atoms with van der Waals surface area (Å²) in [6.45, 7) is 3.65. The molecule has 0 aliphatic carbocycles. The van der Waals surface area contributed by atoms with Gasteiger partial charge in [0.15, 0.2) is 11.5 Å². The number of nitrogens with zero attached hydrogens (tertiary/aromatic N) is 1. The third kappa shape index (κ3) is 4.32. The molecule has 5 nitrogen and oxygen atoms in total. The van der Waals surface area contributed by atoms with Gasteiger partial charge in [0.25, 0.3) is 5.91 Å². The normalized spacial score (nSPS) is 17.0. The quantitative estimate of drug-likeness (QED) is 0.823. The van der Waals surface area contributed by atoms with Crippen LogP contribution in [-0.2, 0) is 4.74 Å². The predicted molar refractivity (Wildman–Crippen MR) is 95.3 cm³/mol. The second-order valence-corrected chi connectivity index (χ2v) is 6.22. The molecule has 6 heteroatoms. The lowest BCUT2D eigenvalue weighted by Crippen LogP contribution is -2.47. The fourth-order valence-corrected chi connectivity index (χ4v) is 2.86. The standard InChI is InChI=1S/C20H22FNO4/c1-14-3-8-18(19(11-14)24-2)26-13-17-12-22(9-10-25-17)20(23)15-4-6-16(21)7-5-15/h3-8,11,17H,9-10,12-13H2,1-2H3. The van der Waals surface area contributed by atoms with E-state index in [4.69, 9.17) is 14.2 Å². The molecule has 0 bridgehead atoms. The van der Waals surface area contributed by atoms with Crippen molar-refractivity contribution in [2.75, 3.05) is 33.4 Å². The van der Waals surface area contributed by atoms with E-state index in [0.717, 1.165) is 5.56 Å². The molecule has 3 rings (SSSR count). The molecule has 0 N–H and O–H groups in total. The van der Waals surface area contributed by atoms with Gasteiger partial charge in [-0.1, -0.05) is 6.07 Å². The highest BCUT2D eigenvalue weighted by Crippen LogP contribution is 2.28. The minimum Gasteiger partial charge on any atom is -0.493 e. The summed E-state index contributed by atoms with van der Waals surface area (Å²) in [5.74, 6) is 0.816. The topological polar surface area (TPSA) is 48.0 Å². The number of carbonyl (C=O) groups is 1. The van der Waals surface area contributed by atoms with Gasteiger partial charge in [0.05, 0.1) is 20.3 Å². The Hall–Kier alpha value is -2.60. The molecule has 2 aromatic rings. The molecule has 1 fully saturated rings. The molecule has 1 heterocycles. The van der Waals surface area contributed by atoms with E-state index in [1.54, 1.807) is 12.0 Å². The highest BCUT2D eigenvalue weighted by atomic mass is 19.1. The molecule has 138 valence electrons. The Balaban J connectivity index is 1.60. The van der Waals surface area contributed by atoms with Crippen LogP contribution < -0.4 is 9.47 Å². The van der Waals surface area contributed by atoms with Crippen LogP contribution in [0.25, 0.3) is 0 Å². The second kappa shape index (κ2) is 8.19. The number of morpholine rings is 1. The molecule has 1 amide bonds. The number of amides is 1. The van der Waals surface area contributed by atoms with Crippen LogP contribution in [-0.4, -0.2) is 50.3 Å². The molecule has 1 unspecified atom stereocenters. The van der Waals surface area contributed by atoms with E-state index < -0.39 is 0 Å². The van der Waals surface area contributed by atoms with E-state index in [1.807, 2.05) is 25.1 Å². The number of aryl methyl sites for hydroxylation is 1. The van der Waals surface area contributed by atoms with Crippen LogP contribution in [0, 0.1) is 12.7 Å². The van der Waals surface area contributed by atoms with Crippen molar-refractivity contribution < 1.29 is 23.4 Å². The minimum absolute atomic E-state index is 0.133. The number of halogens is 1. The maximum Gasteiger partial charge on any atom is 0.254 e. The SMILES string of the molecule is COc1cc(C)ccc1OCC1CN(C(=O)c2ccc(F)cc2)CCO1. The van der Waals surface area contributed by atoms with Crippen LogP contribution >= 0.6 is 0 Å². The summed E-state index contributed by atoms with van der Waals surface area (Å²) in [6.07, 6.45) is -0.237. The molecule has 1 aliphatic rings. The monoisotopic (exact) mass is 359 g/mol. The Morgan fingerprint density at radius 1 is 1.23 bits per heavy atom. The molecule has 26 heavy (non-hydrogen) atoms. The molecule has 0 spiro atoms. The molecule has 0 radical (unpaired) electrons. The molecular formula is C20H22FNO4. The summed E-state index contributed by atoms with van der Waals surface area (Å²) in [5, 5.41) is 0. The van der Waals surface area contributed by atoms with Crippen molar-refractivity contribution in [3.63, 3.8) is 0 Å². The van der Waals surface area contributed by atoms with E-state index >= 15 is 0 Å². The van der Waals surface area contributed by atoms with Crippen molar-refractivity contribution in [3.8, 4) is 11.5 Å². The smallest absolute Gasteiger partial charge is 0.254 e. The molecule has 1 aliphatic heterocycles. The van der Waals surface area contributed by atoms with Gasteiger partial charge in [0.2, 0.25) is 0 Å². The molecule has 1 atom stereocenters. The maximum absolute atomic E-state index is 13.0. The number of hydrogen-bond donors (Lipinski definition) is 0. The number of rotatable bonds is 5. The average molecular weight is 359 g/mol. The van der Waals surface area contributed by atoms with Gasteiger partial charge in [-0.05, 0) is 48.9 Å². The van der Waals surface area contributed by atoms with Crippen molar-refractivity contribution in [1.82, 2.24) is 4.90 Å². The van der Waals surface area contributed by atoms with E-state index in [1.165, 1.54) is 24.3 Å². The third-order valence-corrected chi connectivity index (χ3v) is 4.26. The van der Waals surface area contributed by atoms with Gasteiger partial charge in [-0.25, -0.2) is 4.39 Å². The van der Waals surface area contributed by atoms with Gasteiger partial charge >= 0.3 is 0 Å². The first-order chi connectivity index (χ1) is 12.6. The number of benzene rings is 2. The van der Waals surface area contributed by atoms with Crippen molar-refractivity contribution in [1.29, 1.82) is 0 Å². The average Bonchev–Trinajstić information content (AvgIpc) is 2.67. The van der Waals surface area contributed by atoms with E-state index in [9.17, 15) is 9.18 Å². The Labute approximate surface area is 152 Å². The van der Waals surface area contributed by atoms with Crippen molar-refractivity contribution in [2.24, 2.45) is 0 Å². The Bertz CT molecular complexity index is 763. The van der Waals surface area contributed by atoms with Gasteiger partial charge in [-0.15, -0.1) is 0 Å². The predicted octanol–water partition coefficient (Wildman–Crippen LogP) is 3.06. The number of methoxy groups -OCH3 is 1. The zero-order valence-electron chi connectivity index (χ0n) is 14.9. The molecule has 0 saturated carbocycles. The molecular weight excluding hydrogens is 337 g/mol. The van der Waals surface area contributed by atoms with Gasteiger partial charge in [0.1, 0.15) is 18.5 Å². The van der Waals surface area contributed by atoms with Gasteiger partial charge < -0.3 is 19.1 Å². The number of hydrogen-bond acceptors (Lipinski definition) is 4. The Kier molecular flexibility index (Phi) is 5.73. The largest absolute Gasteiger partial charge is 0.493 e. The molecule has 1 saturated heterocycles. The number of ether oxygens (including phenoxy) is 3. The molecule has 2 aromatic carbocycles. The van der Waals surface area contributed by atoms with Crippen molar-refractivity contribution in [2.45, 2.75) is 13.0 Å². The summed E-state index contributed by atoms with van der Waals surface area (Å²) in [6, 6.07) is 11.3. The third-order valence-electron chi connectivity index (χ3n) is 4.26. The van der Waals surface area contributed by atoms with Crippen LogP contribution in [0.4, 0.5) is 4.39 Å². The fraction of sp³-hybridized carbons (Fsp3) is 0.350. The van der Waals surface area contributed by atoms with Crippen molar-refractivity contribution in [3.05, 3.63) is 59.4 Å². The Morgan fingerprint density at radius 3 is 2.73 bits per heavy atom. The van der Waals surface area contributed by atoms with Crippen LogP contribution in [0.1, 0.15) is 15.9 Å². The zero-order chi connectivity index (χ0) is 18.5. The lowest BCUT2D eigenvalue weighted by Gasteiger charge is -2.33. The van der Waals surface area contributed by atoms with E-state index in [-0.39, 0.29) is 17.8 Å². The number of carbonyl (C=O) groups excluding carboxylic acids is 1. The first-order valence-corrected chi connectivity index (χ1v) is 8.50. The highest BCUT2D eigenvalue weighted by Gasteiger charge is 2.26. The van der Waals surface area contributed by atoms with E-state index in [2.05, 4.69) is 0 Å². The summed E-state index contributed by atoms with van der Waals surface area (Å²) in [7, 11) is 1.60. The summed E-state index contributed by atoms with van der Waals surface area (Å²) >= 11 is 0. The fourth-order valence-electron chi connectivity index (χ4n) is 2.86. The van der Waals surface area contributed by atoms with Gasteiger partial charge in [-0.3, -0.25) is 4.79 Å². The van der Waals surface area contributed by atoms with Crippen LogP contribution in [0.5, 0.6) is 11.5 Å². The van der Waals surface area contributed by atoms with E-state index in [0.29, 0.717) is 43.4 Å². The minimum atomic E-state index is -0.359. The Morgan fingerprint density at radius 2 is 2.00 bits per heavy atom. The van der Waals surface area contributed by atoms with Crippen LogP contribution in [0.15, 0.2) is 42.5 Å². The van der Waals surface area contributed by atoms with Crippen LogP contribution in [0.2, 0.25) is 0 Å². The van der Waals surface area contributed by atoms with Gasteiger partial charge in [0, 0.05) is 12.1 Å². The summed E-state index contributed by atoms with van der Waals surface area (Å²) in [4.78, 5) is 14.3. The van der Waals surface area contributed by atoms with Crippen LogP contribution in [0.3, 0.4) is 0 Å². The lowest BCUT2D eigenvalue weighted by molar-refractivity contribution is -0.0403. The van der Waals surface area contributed by atoms with Gasteiger partial charge in [-0.2, -0.15) is 0 Å². The maximum atomic E-state index is 13.0.